The maximum absolute atomic E-state index is 12.9. The van der Waals surface area contributed by atoms with Crippen molar-refractivity contribution < 1.29 is 8.78 Å². The van der Waals surface area contributed by atoms with Crippen LogP contribution in [0.2, 0.25) is 0 Å². The third-order valence-electron chi connectivity index (χ3n) is 4.36. The van der Waals surface area contributed by atoms with Crippen LogP contribution in [0, 0.1) is 13.8 Å². The molecule has 0 N–H and O–H groups in total. The summed E-state index contributed by atoms with van der Waals surface area (Å²) in [6, 6.07) is 4.46. The molecule has 1 aromatic carbocycles. The molecule has 0 radical (unpaired) electrons. The van der Waals surface area contributed by atoms with Crippen molar-refractivity contribution in [3.8, 4) is 0 Å². The summed E-state index contributed by atoms with van der Waals surface area (Å²) in [5, 5.41) is 0. The number of benzene rings is 1. The second-order valence-corrected chi connectivity index (χ2v) is 7.54. The molecule has 0 atom stereocenters. The van der Waals surface area contributed by atoms with E-state index in [1.807, 2.05) is 11.9 Å². The first-order valence-corrected chi connectivity index (χ1v) is 8.18. The molecule has 24 heavy (non-hydrogen) atoms. The monoisotopic (exact) mass is 335 g/mol. The Balaban J connectivity index is 2.17. The number of halogens is 2. The fourth-order valence-electron chi connectivity index (χ4n) is 2.89. The Kier molecular flexibility index (Phi) is 5.43. The van der Waals surface area contributed by atoms with Crippen LogP contribution in [0.1, 0.15) is 55.4 Å². The van der Waals surface area contributed by atoms with Gasteiger partial charge >= 0.3 is 6.55 Å². The predicted octanol–water partition coefficient (Wildman–Crippen LogP) is 4.82. The largest absolute Gasteiger partial charge is 0.319 e. The van der Waals surface area contributed by atoms with E-state index in [0.717, 1.165) is 4.57 Å². The van der Waals surface area contributed by atoms with E-state index in [1.165, 1.54) is 34.6 Å². The Morgan fingerprint density at radius 2 is 1.71 bits per heavy atom. The Bertz CT molecular complexity index is 676. The summed E-state index contributed by atoms with van der Waals surface area (Å²) in [7, 11) is 1.93. The van der Waals surface area contributed by atoms with E-state index in [2.05, 4.69) is 51.7 Å². The van der Waals surface area contributed by atoms with Crippen molar-refractivity contribution in [2.45, 2.75) is 59.7 Å². The van der Waals surface area contributed by atoms with Crippen LogP contribution in [-0.2, 0) is 18.5 Å². The molecule has 2 rings (SSSR count). The number of imidazole rings is 1. The number of hydrogen-bond acceptors (Lipinski definition) is 2. The van der Waals surface area contributed by atoms with Crippen LogP contribution < -0.4 is 0 Å². The zero-order valence-electron chi connectivity index (χ0n) is 15.4. The van der Waals surface area contributed by atoms with E-state index in [4.69, 9.17) is 0 Å². The summed E-state index contributed by atoms with van der Waals surface area (Å²) < 4.78 is 26.8. The fraction of sp³-hybridized carbons (Fsp3) is 0.526. The molecule has 0 aliphatic rings. The molecule has 5 heteroatoms. The van der Waals surface area contributed by atoms with Gasteiger partial charge in [0.1, 0.15) is 5.82 Å². The van der Waals surface area contributed by atoms with Gasteiger partial charge in [0.05, 0.1) is 6.54 Å². The van der Waals surface area contributed by atoms with Gasteiger partial charge in [0.2, 0.25) is 0 Å². The average Bonchev–Trinajstić information content (AvgIpc) is 2.89. The van der Waals surface area contributed by atoms with E-state index in [9.17, 15) is 8.78 Å². The molecule has 0 aliphatic carbocycles. The van der Waals surface area contributed by atoms with Gasteiger partial charge in [0, 0.05) is 18.9 Å². The molecule has 0 aliphatic heterocycles. The quantitative estimate of drug-likeness (QED) is 0.781. The highest BCUT2D eigenvalue weighted by molar-refractivity contribution is 5.40. The van der Waals surface area contributed by atoms with Crippen LogP contribution in [0.3, 0.4) is 0 Å². The summed E-state index contributed by atoms with van der Waals surface area (Å²) in [6.07, 6.45) is 2.74. The van der Waals surface area contributed by atoms with Gasteiger partial charge in [-0.15, -0.1) is 0 Å². The number of nitrogens with zero attached hydrogens (tertiary/aromatic N) is 3. The van der Waals surface area contributed by atoms with Crippen molar-refractivity contribution in [1.82, 2.24) is 14.5 Å². The number of hydrogen-bond donors (Lipinski definition) is 0. The summed E-state index contributed by atoms with van der Waals surface area (Å²) in [5.74, 6) is 0.383. The van der Waals surface area contributed by atoms with Gasteiger partial charge in [-0.05, 0) is 48.6 Å². The molecular weight excluding hydrogens is 308 g/mol. The number of aromatic nitrogens is 2. The van der Waals surface area contributed by atoms with Gasteiger partial charge < -0.3 is 0 Å². The van der Waals surface area contributed by atoms with Crippen LogP contribution in [0.5, 0.6) is 0 Å². The van der Waals surface area contributed by atoms with Crippen molar-refractivity contribution in [3.05, 3.63) is 52.6 Å². The Morgan fingerprint density at radius 3 is 2.21 bits per heavy atom. The van der Waals surface area contributed by atoms with E-state index in [0.29, 0.717) is 18.9 Å². The highest BCUT2D eigenvalue weighted by Crippen LogP contribution is 2.27. The smallest absolute Gasteiger partial charge is 0.295 e. The zero-order valence-corrected chi connectivity index (χ0v) is 15.4. The Labute approximate surface area is 143 Å². The highest BCUT2D eigenvalue weighted by Gasteiger charge is 2.18. The van der Waals surface area contributed by atoms with Crippen LogP contribution in [-0.4, -0.2) is 21.5 Å². The van der Waals surface area contributed by atoms with Gasteiger partial charge in [0.25, 0.3) is 0 Å². The Hall–Kier alpha value is -1.75. The van der Waals surface area contributed by atoms with Crippen molar-refractivity contribution in [1.29, 1.82) is 0 Å². The normalized spacial score (nSPS) is 12.4. The third kappa shape index (κ3) is 4.20. The van der Waals surface area contributed by atoms with Gasteiger partial charge in [-0.1, -0.05) is 32.9 Å². The molecule has 132 valence electrons. The molecule has 0 amide bonds. The lowest BCUT2D eigenvalue weighted by molar-refractivity contribution is 0.0644. The van der Waals surface area contributed by atoms with E-state index >= 15 is 0 Å². The average molecular weight is 335 g/mol. The first kappa shape index (κ1) is 18.6. The number of alkyl halides is 2. The Morgan fingerprint density at radius 1 is 1.12 bits per heavy atom. The van der Waals surface area contributed by atoms with Gasteiger partial charge in [-0.3, -0.25) is 9.47 Å². The predicted molar refractivity (Wildman–Crippen MR) is 93.3 cm³/mol. The van der Waals surface area contributed by atoms with Crippen molar-refractivity contribution in [2.75, 3.05) is 7.05 Å². The minimum atomic E-state index is -2.55. The molecule has 1 aromatic heterocycles. The van der Waals surface area contributed by atoms with Crippen LogP contribution in [0.25, 0.3) is 0 Å². The van der Waals surface area contributed by atoms with Crippen LogP contribution in [0.15, 0.2) is 24.5 Å². The highest BCUT2D eigenvalue weighted by atomic mass is 19.3. The van der Waals surface area contributed by atoms with Gasteiger partial charge in [0.15, 0.2) is 0 Å². The summed E-state index contributed by atoms with van der Waals surface area (Å²) >= 11 is 0. The van der Waals surface area contributed by atoms with Crippen molar-refractivity contribution in [3.63, 3.8) is 0 Å². The molecule has 0 unspecified atom stereocenters. The lowest BCUT2D eigenvalue weighted by Crippen LogP contribution is -2.22. The standard InChI is InChI=1S/C19H27F2N3/c1-13-9-15(19(3,4)5)10-14(2)16(13)11-23(6)12-17-22-7-8-24(17)18(20)21/h7-10,18H,11-12H2,1-6H3. The molecule has 0 saturated heterocycles. The minimum Gasteiger partial charge on any atom is -0.295 e. The third-order valence-corrected chi connectivity index (χ3v) is 4.36. The topological polar surface area (TPSA) is 21.1 Å². The molecule has 3 nitrogen and oxygen atoms in total. The van der Waals surface area contributed by atoms with E-state index in [1.54, 1.807) is 0 Å². The van der Waals surface area contributed by atoms with Gasteiger partial charge in [-0.2, -0.15) is 8.78 Å². The maximum Gasteiger partial charge on any atom is 0.319 e. The zero-order chi connectivity index (χ0) is 18.1. The molecule has 0 bridgehead atoms. The number of aryl methyl sites for hydroxylation is 2. The molecular formula is C19H27F2N3. The van der Waals surface area contributed by atoms with Crippen molar-refractivity contribution in [2.24, 2.45) is 0 Å². The first-order chi connectivity index (χ1) is 11.1. The second kappa shape index (κ2) is 7.01. The lowest BCUT2D eigenvalue weighted by atomic mass is 9.84. The maximum atomic E-state index is 12.9. The lowest BCUT2D eigenvalue weighted by Gasteiger charge is -2.24. The number of rotatable bonds is 5. The SMILES string of the molecule is Cc1cc(C(C)(C)C)cc(C)c1CN(C)Cc1nccn1C(F)F. The summed E-state index contributed by atoms with van der Waals surface area (Å²) in [5.41, 5.74) is 5.16. The van der Waals surface area contributed by atoms with Crippen molar-refractivity contribution >= 4 is 0 Å². The van der Waals surface area contributed by atoms with E-state index in [-0.39, 0.29) is 5.41 Å². The van der Waals surface area contributed by atoms with Gasteiger partial charge in [-0.25, -0.2) is 4.98 Å². The summed E-state index contributed by atoms with van der Waals surface area (Å²) in [4.78, 5) is 6.07. The molecule has 0 spiro atoms. The van der Waals surface area contributed by atoms with Crippen LogP contribution >= 0.6 is 0 Å². The fourth-order valence-corrected chi connectivity index (χ4v) is 2.89. The minimum absolute atomic E-state index is 0.113. The molecule has 0 fully saturated rings. The molecule has 1 heterocycles. The molecule has 2 aromatic rings. The van der Waals surface area contributed by atoms with E-state index < -0.39 is 6.55 Å². The second-order valence-electron chi connectivity index (χ2n) is 7.54. The van der Waals surface area contributed by atoms with Crippen LogP contribution in [0.4, 0.5) is 8.78 Å². The first-order valence-electron chi connectivity index (χ1n) is 8.18. The summed E-state index contributed by atoms with van der Waals surface area (Å²) in [6.45, 7) is 9.39. The molecule has 0 saturated carbocycles.